The number of nitrogens with two attached hydrogens (primary N) is 1. The molecule has 1 saturated heterocycles. The van der Waals surface area contributed by atoms with Crippen LogP contribution in [0.2, 0.25) is 0 Å². The fourth-order valence-electron chi connectivity index (χ4n) is 2.58. The van der Waals surface area contributed by atoms with E-state index in [0.717, 1.165) is 18.6 Å². The average Bonchev–Trinajstić information content (AvgIpc) is 2.56. The van der Waals surface area contributed by atoms with Crippen molar-refractivity contribution in [2.75, 3.05) is 33.4 Å². The van der Waals surface area contributed by atoms with Crippen LogP contribution in [0.25, 0.3) is 0 Å². The van der Waals surface area contributed by atoms with Crippen molar-refractivity contribution in [1.82, 2.24) is 4.90 Å². The third-order valence-corrected chi connectivity index (χ3v) is 4.15. The normalized spacial score (nSPS) is 17.0. The van der Waals surface area contributed by atoms with E-state index in [9.17, 15) is 4.79 Å². The Balaban J connectivity index is 1.74. The van der Waals surface area contributed by atoms with Gasteiger partial charge in [-0.15, -0.1) is 0 Å². The van der Waals surface area contributed by atoms with Crippen molar-refractivity contribution < 1.29 is 14.3 Å². The van der Waals surface area contributed by atoms with Gasteiger partial charge in [-0.3, -0.25) is 4.79 Å². The molecule has 0 radical (unpaired) electrons. The number of benzene rings is 1. The summed E-state index contributed by atoms with van der Waals surface area (Å²) in [4.78, 5) is 14.0. The Kier molecular flexibility index (Phi) is 6.21. The lowest BCUT2D eigenvalue weighted by atomic mass is 9.91. The molecule has 0 saturated carbocycles. The Hall–Kier alpha value is -1.59. The van der Waals surface area contributed by atoms with E-state index >= 15 is 0 Å². The molecule has 0 spiro atoms. The molecule has 1 amide bonds. The molecule has 122 valence electrons. The summed E-state index contributed by atoms with van der Waals surface area (Å²) >= 11 is 0. The molecule has 1 fully saturated rings. The number of rotatable bonds is 6. The minimum atomic E-state index is -0.437. The van der Waals surface area contributed by atoms with Crippen molar-refractivity contribution >= 4 is 5.91 Å². The molecular weight excluding hydrogens is 280 g/mol. The molecule has 0 bridgehead atoms. The van der Waals surface area contributed by atoms with Crippen LogP contribution >= 0.6 is 0 Å². The van der Waals surface area contributed by atoms with Gasteiger partial charge < -0.3 is 20.1 Å². The van der Waals surface area contributed by atoms with E-state index in [2.05, 4.69) is 0 Å². The van der Waals surface area contributed by atoms with Gasteiger partial charge in [0.15, 0.2) is 0 Å². The van der Waals surface area contributed by atoms with Crippen LogP contribution in [-0.2, 0) is 9.53 Å². The first-order chi connectivity index (χ1) is 10.6. The van der Waals surface area contributed by atoms with Gasteiger partial charge in [-0.1, -0.05) is 17.7 Å². The van der Waals surface area contributed by atoms with Crippen molar-refractivity contribution in [2.45, 2.75) is 25.8 Å². The number of aryl methyl sites for hydroxylation is 1. The summed E-state index contributed by atoms with van der Waals surface area (Å²) in [5.74, 6) is 1.03. The Morgan fingerprint density at radius 2 is 2.00 bits per heavy atom. The Labute approximate surface area is 132 Å². The van der Waals surface area contributed by atoms with Crippen LogP contribution in [0.4, 0.5) is 0 Å². The highest BCUT2D eigenvalue weighted by molar-refractivity contribution is 5.81. The molecule has 5 nitrogen and oxygen atoms in total. The molecular formula is C17H26N2O3. The third-order valence-electron chi connectivity index (χ3n) is 4.15. The zero-order chi connectivity index (χ0) is 15.9. The van der Waals surface area contributed by atoms with Gasteiger partial charge in [0, 0.05) is 20.3 Å². The zero-order valence-corrected chi connectivity index (χ0v) is 13.5. The van der Waals surface area contributed by atoms with Gasteiger partial charge in [0.25, 0.3) is 0 Å². The second-order valence-corrected chi connectivity index (χ2v) is 5.90. The van der Waals surface area contributed by atoms with Crippen LogP contribution in [0.3, 0.4) is 0 Å². The second-order valence-electron chi connectivity index (χ2n) is 5.90. The molecule has 2 rings (SSSR count). The van der Waals surface area contributed by atoms with Gasteiger partial charge in [-0.25, -0.2) is 0 Å². The highest BCUT2D eigenvalue weighted by Crippen LogP contribution is 2.18. The molecule has 0 aromatic heterocycles. The zero-order valence-electron chi connectivity index (χ0n) is 13.5. The molecule has 2 N–H and O–H groups in total. The molecule has 1 heterocycles. The maximum Gasteiger partial charge on any atom is 0.239 e. The van der Waals surface area contributed by atoms with E-state index in [1.165, 1.54) is 5.56 Å². The minimum absolute atomic E-state index is 0.0144. The highest BCUT2D eigenvalue weighted by Gasteiger charge is 2.28. The molecule has 22 heavy (non-hydrogen) atoms. The van der Waals surface area contributed by atoms with Gasteiger partial charge >= 0.3 is 0 Å². The predicted molar refractivity (Wildman–Crippen MR) is 85.8 cm³/mol. The number of amides is 1. The summed E-state index contributed by atoms with van der Waals surface area (Å²) < 4.78 is 11.0. The third kappa shape index (κ3) is 4.71. The van der Waals surface area contributed by atoms with Crippen LogP contribution in [0.15, 0.2) is 24.3 Å². The van der Waals surface area contributed by atoms with E-state index in [4.69, 9.17) is 15.2 Å². The number of nitrogens with zero attached hydrogens (tertiary/aromatic N) is 1. The second kappa shape index (κ2) is 8.15. The Morgan fingerprint density at radius 3 is 2.64 bits per heavy atom. The lowest BCUT2D eigenvalue weighted by Gasteiger charge is -2.29. The molecule has 1 atom stereocenters. The van der Waals surface area contributed by atoms with E-state index in [1.807, 2.05) is 31.2 Å². The topological polar surface area (TPSA) is 64.8 Å². The van der Waals surface area contributed by atoms with Crippen LogP contribution in [0.1, 0.15) is 18.4 Å². The van der Waals surface area contributed by atoms with Crippen molar-refractivity contribution in [3.05, 3.63) is 29.8 Å². The lowest BCUT2D eigenvalue weighted by molar-refractivity contribution is -0.133. The van der Waals surface area contributed by atoms with Crippen molar-refractivity contribution in [3.63, 3.8) is 0 Å². The van der Waals surface area contributed by atoms with Crippen LogP contribution in [0.5, 0.6) is 5.75 Å². The lowest BCUT2D eigenvalue weighted by Crippen LogP contribution is -2.48. The van der Waals surface area contributed by atoms with Gasteiger partial charge in [0.1, 0.15) is 12.4 Å². The first-order valence-corrected chi connectivity index (χ1v) is 7.85. The maximum atomic E-state index is 12.3. The number of ether oxygens (including phenoxy) is 2. The number of hydrogen-bond donors (Lipinski definition) is 1. The Bertz CT molecular complexity index is 469. The molecule has 1 unspecified atom stereocenters. The average molecular weight is 306 g/mol. The Morgan fingerprint density at radius 1 is 1.36 bits per heavy atom. The number of carbonyl (C=O) groups excluding carboxylic acids is 1. The molecule has 1 aliphatic rings. The summed E-state index contributed by atoms with van der Waals surface area (Å²) in [6, 6.07) is 7.44. The minimum Gasteiger partial charge on any atom is -0.492 e. The number of hydrogen-bond acceptors (Lipinski definition) is 4. The first-order valence-electron chi connectivity index (χ1n) is 7.85. The SMILES string of the molecule is Cc1ccc(OCCN(C)C(=O)C(N)C2CCOCC2)cc1. The molecule has 0 aliphatic carbocycles. The van der Waals surface area contributed by atoms with Gasteiger partial charge in [0.2, 0.25) is 5.91 Å². The molecule has 1 aromatic rings. The standard InChI is InChI=1S/C17H26N2O3/c1-13-3-5-15(6-4-13)22-12-9-19(2)17(20)16(18)14-7-10-21-11-8-14/h3-6,14,16H,7-12,18H2,1-2H3. The van der Waals surface area contributed by atoms with Gasteiger partial charge in [0.05, 0.1) is 12.6 Å². The van der Waals surface area contributed by atoms with Crippen LogP contribution in [-0.4, -0.2) is 50.3 Å². The first kappa shape index (κ1) is 16.8. The quantitative estimate of drug-likeness (QED) is 0.867. The van der Waals surface area contributed by atoms with Crippen molar-refractivity contribution in [1.29, 1.82) is 0 Å². The van der Waals surface area contributed by atoms with Gasteiger partial charge in [-0.2, -0.15) is 0 Å². The fourth-order valence-corrected chi connectivity index (χ4v) is 2.58. The van der Waals surface area contributed by atoms with Crippen molar-refractivity contribution in [2.24, 2.45) is 11.7 Å². The highest BCUT2D eigenvalue weighted by atomic mass is 16.5. The number of carbonyl (C=O) groups is 1. The monoisotopic (exact) mass is 306 g/mol. The number of likely N-dealkylation sites (N-methyl/N-ethyl adjacent to an activating group) is 1. The van der Waals surface area contributed by atoms with E-state index in [0.29, 0.717) is 26.4 Å². The van der Waals surface area contributed by atoms with Gasteiger partial charge in [-0.05, 0) is 37.8 Å². The summed E-state index contributed by atoms with van der Waals surface area (Å²) in [5.41, 5.74) is 7.30. The fraction of sp³-hybridized carbons (Fsp3) is 0.588. The van der Waals surface area contributed by atoms with Crippen LogP contribution < -0.4 is 10.5 Å². The van der Waals surface area contributed by atoms with Crippen LogP contribution in [0, 0.1) is 12.8 Å². The van der Waals surface area contributed by atoms with E-state index in [1.54, 1.807) is 11.9 Å². The summed E-state index contributed by atoms with van der Waals surface area (Å²) in [5, 5.41) is 0. The smallest absolute Gasteiger partial charge is 0.239 e. The molecule has 1 aliphatic heterocycles. The molecule has 5 heteroatoms. The van der Waals surface area contributed by atoms with E-state index < -0.39 is 6.04 Å². The summed E-state index contributed by atoms with van der Waals surface area (Å²) in [6.07, 6.45) is 1.72. The predicted octanol–water partition coefficient (Wildman–Crippen LogP) is 1.59. The van der Waals surface area contributed by atoms with Crippen molar-refractivity contribution in [3.8, 4) is 5.75 Å². The van der Waals surface area contributed by atoms with E-state index in [-0.39, 0.29) is 11.8 Å². The summed E-state index contributed by atoms with van der Waals surface area (Å²) in [7, 11) is 1.78. The summed E-state index contributed by atoms with van der Waals surface area (Å²) in [6.45, 7) is 4.43. The maximum absolute atomic E-state index is 12.3. The molecule has 1 aromatic carbocycles. The largest absolute Gasteiger partial charge is 0.492 e.